The van der Waals surface area contributed by atoms with Crippen molar-refractivity contribution in [3.05, 3.63) is 24.3 Å². The van der Waals surface area contributed by atoms with E-state index >= 15 is 0 Å². The number of alkyl carbamates (subject to hydrolysis) is 2. The summed E-state index contributed by atoms with van der Waals surface area (Å²) in [7, 11) is 2.92. The van der Waals surface area contributed by atoms with Gasteiger partial charge in [0.25, 0.3) is 0 Å². The van der Waals surface area contributed by atoms with E-state index in [1.165, 1.54) is 14.2 Å². The third-order valence-corrected chi connectivity index (χ3v) is 11.7. The van der Waals surface area contributed by atoms with Crippen LogP contribution in [0.25, 0.3) is 0 Å². The first-order chi connectivity index (χ1) is 32.6. The molecule has 22 heteroatoms. The van der Waals surface area contributed by atoms with Crippen LogP contribution in [0.15, 0.2) is 24.3 Å². The van der Waals surface area contributed by atoms with E-state index in [0.717, 1.165) is 0 Å². The molecule has 22 nitrogen and oxygen atoms in total. The zero-order valence-corrected chi connectivity index (χ0v) is 43.0. The summed E-state index contributed by atoms with van der Waals surface area (Å²) < 4.78 is 70.9. The van der Waals surface area contributed by atoms with Gasteiger partial charge in [-0.15, -0.1) is 0 Å². The molecule has 4 N–H and O–H groups in total. The molecule has 0 aromatic heterocycles. The second kappa shape index (κ2) is 23.4. The standard InChI is InChI=1S/C48H76N4O18/c1-25-23-29(53)61-21-17-16-20-28(32(52-44(58)70-46(6,7)8)34-36(60-14)38-42(64-34)68-48(11,12)66-38)40(56)50-26(2)24-30(54)62-22-18-15-19-27(39(55)49-25)31(51-43(57)69-45(3,4)5)33-35(59-13)37-41(63-33)67-47(9,10)65-37/h15-18,25-28,31-38,41-42H,19-24H2,1-14H3,(H,49,55)(H,50,56)(H,51,57)(H,52,58)/b17-16+,18-15+/t25-,26-,27+,28+,31+,32+,33+,34+,35+,36+,37-,38-,41-,42-/m1/s1. The number of rotatable bonds is 8. The highest BCUT2D eigenvalue weighted by Crippen LogP contribution is 2.42. The van der Waals surface area contributed by atoms with Crippen molar-refractivity contribution in [1.82, 2.24) is 21.3 Å². The number of hydrogen-bond donors (Lipinski definition) is 4. The molecule has 0 aromatic carbocycles. The van der Waals surface area contributed by atoms with Crippen LogP contribution in [0.5, 0.6) is 0 Å². The van der Waals surface area contributed by atoms with E-state index in [-0.39, 0.29) is 38.9 Å². The van der Waals surface area contributed by atoms with Crippen LogP contribution in [-0.2, 0) is 76.0 Å². The first kappa shape index (κ1) is 56.5. The molecule has 0 aliphatic carbocycles. The molecule has 0 saturated carbocycles. The number of carbonyl (C=O) groups excluding carboxylic acids is 6. The van der Waals surface area contributed by atoms with Gasteiger partial charge < -0.3 is 78.1 Å². The molecule has 0 radical (unpaired) electrons. The van der Waals surface area contributed by atoms with E-state index in [9.17, 15) is 28.8 Å². The Labute approximate surface area is 410 Å². The van der Waals surface area contributed by atoms with Gasteiger partial charge >= 0.3 is 24.1 Å². The molecule has 5 rings (SSSR count). The Morgan fingerprint density at radius 3 is 1.30 bits per heavy atom. The van der Waals surface area contributed by atoms with Crippen molar-refractivity contribution in [2.45, 2.75) is 205 Å². The molecule has 0 aromatic rings. The molecular formula is C48H76N4O18. The Kier molecular flexibility index (Phi) is 18.9. The number of amides is 4. The highest BCUT2D eigenvalue weighted by molar-refractivity contribution is 5.83. The van der Waals surface area contributed by atoms with Crippen LogP contribution < -0.4 is 21.3 Å². The van der Waals surface area contributed by atoms with Gasteiger partial charge in [-0.2, -0.15) is 0 Å². The fourth-order valence-electron chi connectivity index (χ4n) is 8.99. The van der Waals surface area contributed by atoms with Crippen LogP contribution in [0, 0.1) is 11.8 Å². The molecular weight excluding hydrogens is 921 g/mol. The summed E-state index contributed by atoms with van der Waals surface area (Å²) in [6.07, 6.45) is -2.64. The van der Waals surface area contributed by atoms with Crippen LogP contribution in [0.4, 0.5) is 9.59 Å². The second-order valence-corrected chi connectivity index (χ2v) is 21.1. The molecule has 0 unspecified atom stereocenters. The van der Waals surface area contributed by atoms with Crippen molar-refractivity contribution >= 4 is 35.9 Å². The normalized spacial score (nSPS) is 35.2. The van der Waals surface area contributed by atoms with Crippen LogP contribution in [0.3, 0.4) is 0 Å². The van der Waals surface area contributed by atoms with Crippen LogP contribution in [-0.4, -0.2) is 160 Å². The quantitative estimate of drug-likeness (QED) is 0.154. The Bertz CT molecular complexity index is 1780. The van der Waals surface area contributed by atoms with Gasteiger partial charge in [0.15, 0.2) is 24.2 Å². The lowest BCUT2D eigenvalue weighted by Gasteiger charge is -2.35. The lowest BCUT2D eigenvalue weighted by atomic mass is 9.87. The number of allylic oxidation sites excluding steroid dienone is 2. The molecule has 5 aliphatic heterocycles. The van der Waals surface area contributed by atoms with Gasteiger partial charge in [-0.05, 0) is 95.9 Å². The fraction of sp³-hybridized carbons (Fsp3) is 0.792. The van der Waals surface area contributed by atoms with E-state index in [4.69, 9.17) is 56.8 Å². The van der Waals surface area contributed by atoms with Crippen molar-refractivity contribution in [3.8, 4) is 0 Å². The molecule has 5 heterocycles. The Hall–Kier alpha value is -4.42. The maximum Gasteiger partial charge on any atom is 0.407 e. The van der Waals surface area contributed by atoms with E-state index in [2.05, 4.69) is 21.3 Å². The number of cyclic esters (lactones) is 2. The molecule has 4 saturated heterocycles. The number of nitrogens with one attached hydrogen (secondary N) is 4. The molecule has 4 fully saturated rings. The van der Waals surface area contributed by atoms with Crippen molar-refractivity contribution in [3.63, 3.8) is 0 Å². The molecule has 14 atom stereocenters. The van der Waals surface area contributed by atoms with E-state index in [0.29, 0.717) is 0 Å². The third-order valence-electron chi connectivity index (χ3n) is 11.7. The molecule has 0 bridgehead atoms. The largest absolute Gasteiger partial charge is 0.461 e. The number of hydrogen-bond acceptors (Lipinski definition) is 18. The summed E-state index contributed by atoms with van der Waals surface area (Å²) in [5.74, 6) is -6.53. The van der Waals surface area contributed by atoms with Gasteiger partial charge in [0.05, 0.1) is 36.8 Å². The van der Waals surface area contributed by atoms with Crippen molar-refractivity contribution < 1.29 is 85.6 Å². The molecule has 5 aliphatic rings. The maximum absolute atomic E-state index is 14.4. The number of methoxy groups -OCH3 is 2. The summed E-state index contributed by atoms with van der Waals surface area (Å²) in [6, 6.07) is -3.74. The lowest BCUT2D eigenvalue weighted by Crippen LogP contribution is -2.58. The van der Waals surface area contributed by atoms with Crippen LogP contribution >= 0.6 is 0 Å². The van der Waals surface area contributed by atoms with Gasteiger partial charge in [-0.1, -0.05) is 24.3 Å². The highest BCUT2D eigenvalue weighted by Gasteiger charge is 2.60. The maximum atomic E-state index is 14.4. The summed E-state index contributed by atoms with van der Waals surface area (Å²) in [5, 5.41) is 11.4. The topological polar surface area (TPSA) is 261 Å². The van der Waals surface area contributed by atoms with Crippen LogP contribution in [0.1, 0.15) is 109 Å². The predicted molar refractivity (Wildman–Crippen MR) is 246 cm³/mol. The molecule has 4 amide bonds. The van der Waals surface area contributed by atoms with Crippen LogP contribution in [0.2, 0.25) is 0 Å². The smallest absolute Gasteiger partial charge is 0.407 e. The summed E-state index contributed by atoms with van der Waals surface area (Å²) in [5.41, 5.74) is -1.79. The fourth-order valence-corrected chi connectivity index (χ4v) is 8.99. The summed E-state index contributed by atoms with van der Waals surface area (Å²) in [4.78, 5) is 82.1. The van der Waals surface area contributed by atoms with Crippen molar-refractivity contribution in [1.29, 1.82) is 0 Å². The number of esters is 2. The minimum absolute atomic E-state index is 0.0247. The Morgan fingerprint density at radius 1 is 0.614 bits per heavy atom. The number of fused-ring (bicyclic) bond motifs is 2. The Balaban J connectivity index is 1.39. The zero-order chi connectivity index (χ0) is 51.9. The van der Waals surface area contributed by atoms with Gasteiger partial charge in [-0.3, -0.25) is 19.2 Å². The highest BCUT2D eigenvalue weighted by atomic mass is 16.9. The van der Waals surface area contributed by atoms with Gasteiger partial charge in [0, 0.05) is 26.3 Å². The monoisotopic (exact) mass is 997 g/mol. The number of carbonyl (C=O) groups is 6. The first-order valence-electron chi connectivity index (χ1n) is 23.9. The average Bonchev–Trinajstić information content (AvgIpc) is 3.90. The van der Waals surface area contributed by atoms with Gasteiger partial charge in [0.1, 0.15) is 61.0 Å². The molecule has 396 valence electrons. The SMILES string of the molecule is CO[C@@H]1[C@H]2OC(C)(C)O[C@H]2O[C@H]1[C@@H](NC(=O)OC(C)(C)C)[C@@H]1C/C=C/COC(=O)C[C@@H](C)NC(=O)[C@H]([C@H](NC(=O)OC(C)(C)C)[C@@H]2O[C@@H]3OC(C)(C)O[C@@H]3[C@H]2OC)C/C=C/COC(=O)C[C@@H](C)NC1=O. The molecule has 70 heavy (non-hydrogen) atoms. The average molecular weight is 997 g/mol. The minimum Gasteiger partial charge on any atom is -0.461 e. The molecule has 0 spiro atoms. The second-order valence-electron chi connectivity index (χ2n) is 21.1. The van der Waals surface area contributed by atoms with Gasteiger partial charge in [-0.25, -0.2) is 9.59 Å². The predicted octanol–water partition coefficient (Wildman–Crippen LogP) is 3.57. The van der Waals surface area contributed by atoms with E-state index < -0.39 is 144 Å². The van der Waals surface area contributed by atoms with Gasteiger partial charge in [0.2, 0.25) is 11.8 Å². The van der Waals surface area contributed by atoms with Crippen molar-refractivity contribution in [2.24, 2.45) is 11.8 Å². The zero-order valence-electron chi connectivity index (χ0n) is 43.0. The van der Waals surface area contributed by atoms with E-state index in [1.54, 1.807) is 107 Å². The first-order valence-corrected chi connectivity index (χ1v) is 23.9. The van der Waals surface area contributed by atoms with E-state index in [1.807, 2.05) is 0 Å². The summed E-state index contributed by atoms with van der Waals surface area (Å²) in [6.45, 7) is 19.9. The number of ether oxygens (including phenoxy) is 12. The minimum atomic E-state index is -1.11. The Morgan fingerprint density at radius 2 is 0.971 bits per heavy atom. The lowest BCUT2D eigenvalue weighted by molar-refractivity contribution is -0.221. The van der Waals surface area contributed by atoms with Crippen molar-refractivity contribution in [2.75, 3.05) is 27.4 Å². The summed E-state index contributed by atoms with van der Waals surface area (Å²) >= 11 is 0. The third kappa shape index (κ3) is 15.8.